The summed E-state index contributed by atoms with van der Waals surface area (Å²) in [7, 11) is 0. The van der Waals surface area contributed by atoms with Crippen molar-refractivity contribution >= 4 is 17.3 Å². The lowest BCUT2D eigenvalue weighted by molar-refractivity contribution is -0.114. The van der Waals surface area contributed by atoms with E-state index in [-0.39, 0.29) is 18.1 Å². The fraction of sp³-hybridized carbons (Fsp3) is 0.0500. The van der Waals surface area contributed by atoms with Crippen molar-refractivity contribution in [2.24, 2.45) is 0 Å². The summed E-state index contributed by atoms with van der Waals surface area (Å²) in [4.78, 5) is 11.9. The molecule has 132 valence electrons. The van der Waals surface area contributed by atoms with Gasteiger partial charge < -0.3 is 15.4 Å². The maximum Gasteiger partial charge on any atom is 0.243 e. The van der Waals surface area contributed by atoms with E-state index in [0.29, 0.717) is 5.75 Å². The van der Waals surface area contributed by atoms with Gasteiger partial charge in [-0.05, 0) is 48.5 Å². The van der Waals surface area contributed by atoms with E-state index >= 15 is 0 Å². The van der Waals surface area contributed by atoms with Crippen molar-refractivity contribution in [3.05, 3.63) is 84.4 Å². The Labute approximate surface area is 149 Å². The zero-order chi connectivity index (χ0) is 18.4. The molecule has 0 unspecified atom stereocenters. The normalized spacial score (nSPS) is 10.2. The van der Waals surface area contributed by atoms with Crippen molar-refractivity contribution in [2.75, 3.05) is 17.2 Å². The molecule has 0 atom stereocenters. The summed E-state index contributed by atoms with van der Waals surface area (Å²) >= 11 is 0. The quantitative estimate of drug-likeness (QED) is 0.668. The van der Waals surface area contributed by atoms with Gasteiger partial charge in [0.05, 0.1) is 6.54 Å². The number of anilines is 2. The monoisotopic (exact) mass is 354 g/mol. The number of para-hydroxylation sites is 1. The van der Waals surface area contributed by atoms with Gasteiger partial charge >= 0.3 is 0 Å². The Morgan fingerprint density at radius 3 is 2.15 bits per heavy atom. The molecule has 2 N–H and O–H groups in total. The molecule has 3 rings (SSSR count). The highest BCUT2D eigenvalue weighted by molar-refractivity contribution is 5.93. The van der Waals surface area contributed by atoms with Crippen molar-refractivity contribution in [1.29, 1.82) is 0 Å². The number of carbonyl (C=O) groups is 1. The minimum Gasteiger partial charge on any atom is -0.457 e. The zero-order valence-corrected chi connectivity index (χ0v) is 13.7. The van der Waals surface area contributed by atoms with E-state index < -0.39 is 11.6 Å². The third kappa shape index (κ3) is 4.80. The van der Waals surface area contributed by atoms with Gasteiger partial charge in [0, 0.05) is 17.4 Å². The molecule has 0 heterocycles. The van der Waals surface area contributed by atoms with E-state index in [1.54, 1.807) is 24.3 Å². The van der Waals surface area contributed by atoms with Gasteiger partial charge in [0.15, 0.2) is 11.6 Å². The lowest BCUT2D eigenvalue weighted by Crippen LogP contribution is -2.21. The molecule has 0 saturated carbocycles. The number of rotatable bonds is 6. The Bertz CT molecular complexity index is 884. The maximum atomic E-state index is 13.1. The number of benzene rings is 3. The average Bonchev–Trinajstić information content (AvgIpc) is 2.65. The molecule has 0 aliphatic heterocycles. The Morgan fingerprint density at radius 1 is 0.808 bits per heavy atom. The largest absolute Gasteiger partial charge is 0.457 e. The fourth-order valence-corrected chi connectivity index (χ4v) is 2.23. The first-order chi connectivity index (χ1) is 12.6. The smallest absolute Gasteiger partial charge is 0.243 e. The van der Waals surface area contributed by atoms with Crippen LogP contribution in [-0.4, -0.2) is 12.5 Å². The topological polar surface area (TPSA) is 50.4 Å². The highest BCUT2D eigenvalue weighted by Crippen LogP contribution is 2.22. The molecule has 0 aliphatic carbocycles. The van der Waals surface area contributed by atoms with Crippen LogP contribution in [0, 0.1) is 11.6 Å². The molecule has 0 spiro atoms. The highest BCUT2D eigenvalue weighted by atomic mass is 19.2. The Balaban J connectivity index is 1.51. The van der Waals surface area contributed by atoms with Crippen molar-refractivity contribution in [3.8, 4) is 11.5 Å². The second kappa shape index (κ2) is 8.11. The maximum absolute atomic E-state index is 13.1. The second-order valence-corrected chi connectivity index (χ2v) is 5.47. The summed E-state index contributed by atoms with van der Waals surface area (Å²) in [6.07, 6.45) is 0. The van der Waals surface area contributed by atoms with Gasteiger partial charge in [-0.1, -0.05) is 18.2 Å². The van der Waals surface area contributed by atoms with E-state index in [1.165, 1.54) is 6.07 Å². The number of halogens is 2. The standard InChI is InChI=1S/C20H16F2N2O2/c21-18-11-8-15(12-19(18)22)24-20(25)13-23-14-6-9-17(10-7-14)26-16-4-2-1-3-5-16/h1-12,23H,13H2,(H,24,25). The number of hydrogen-bond acceptors (Lipinski definition) is 3. The van der Waals surface area contributed by atoms with E-state index in [2.05, 4.69) is 10.6 Å². The lowest BCUT2D eigenvalue weighted by Gasteiger charge is -2.09. The van der Waals surface area contributed by atoms with Gasteiger partial charge in [-0.15, -0.1) is 0 Å². The number of carbonyl (C=O) groups excluding carboxylic acids is 1. The van der Waals surface area contributed by atoms with Crippen LogP contribution in [0.1, 0.15) is 0 Å². The first-order valence-electron chi connectivity index (χ1n) is 7.92. The van der Waals surface area contributed by atoms with Crippen molar-refractivity contribution in [3.63, 3.8) is 0 Å². The molecule has 0 aliphatic rings. The van der Waals surface area contributed by atoms with Crippen LogP contribution in [0.2, 0.25) is 0 Å². The summed E-state index contributed by atoms with van der Waals surface area (Å²) < 4.78 is 31.7. The molecule has 0 bridgehead atoms. The predicted octanol–water partition coefficient (Wildman–Crippen LogP) is 4.81. The lowest BCUT2D eigenvalue weighted by atomic mass is 10.3. The first-order valence-corrected chi connectivity index (χ1v) is 7.92. The van der Waals surface area contributed by atoms with Crippen LogP contribution in [0.25, 0.3) is 0 Å². The summed E-state index contributed by atoms with van der Waals surface area (Å²) in [6.45, 7) is -0.0160. The second-order valence-electron chi connectivity index (χ2n) is 5.47. The van der Waals surface area contributed by atoms with Crippen LogP contribution in [0.5, 0.6) is 11.5 Å². The minimum absolute atomic E-state index is 0.0160. The summed E-state index contributed by atoms with van der Waals surface area (Å²) in [5.41, 5.74) is 0.924. The molecule has 0 aromatic heterocycles. The van der Waals surface area contributed by atoms with E-state index in [4.69, 9.17) is 4.74 Å². The van der Waals surface area contributed by atoms with E-state index in [9.17, 15) is 13.6 Å². The molecular weight excluding hydrogens is 338 g/mol. The Hall–Kier alpha value is -3.41. The molecule has 6 heteroatoms. The molecule has 1 amide bonds. The molecular formula is C20H16F2N2O2. The molecule has 3 aromatic carbocycles. The van der Waals surface area contributed by atoms with Crippen LogP contribution >= 0.6 is 0 Å². The van der Waals surface area contributed by atoms with Crippen LogP contribution in [0.15, 0.2) is 72.8 Å². The van der Waals surface area contributed by atoms with Crippen molar-refractivity contribution in [1.82, 2.24) is 0 Å². The highest BCUT2D eigenvalue weighted by Gasteiger charge is 2.06. The average molecular weight is 354 g/mol. The number of ether oxygens (including phenoxy) is 1. The molecule has 0 fully saturated rings. The van der Waals surface area contributed by atoms with Crippen LogP contribution in [0.4, 0.5) is 20.2 Å². The SMILES string of the molecule is O=C(CNc1ccc(Oc2ccccc2)cc1)Nc1ccc(F)c(F)c1. The fourth-order valence-electron chi connectivity index (χ4n) is 2.23. The third-order valence-corrected chi connectivity index (χ3v) is 3.49. The zero-order valence-electron chi connectivity index (χ0n) is 13.7. The predicted molar refractivity (Wildman–Crippen MR) is 96.4 cm³/mol. The van der Waals surface area contributed by atoms with Crippen LogP contribution < -0.4 is 15.4 Å². The van der Waals surface area contributed by atoms with Gasteiger partial charge in [-0.25, -0.2) is 8.78 Å². The van der Waals surface area contributed by atoms with Crippen molar-refractivity contribution in [2.45, 2.75) is 0 Å². The van der Waals surface area contributed by atoms with Gasteiger partial charge in [-0.2, -0.15) is 0 Å². The number of hydrogen-bond donors (Lipinski definition) is 2. The van der Waals surface area contributed by atoms with Crippen molar-refractivity contribution < 1.29 is 18.3 Å². The van der Waals surface area contributed by atoms with Crippen LogP contribution in [-0.2, 0) is 4.79 Å². The minimum atomic E-state index is -1.01. The van der Waals surface area contributed by atoms with Gasteiger partial charge in [0.25, 0.3) is 0 Å². The van der Waals surface area contributed by atoms with Gasteiger partial charge in [0.1, 0.15) is 11.5 Å². The summed E-state index contributed by atoms with van der Waals surface area (Å²) in [5.74, 6) is -0.934. The number of nitrogens with one attached hydrogen (secondary N) is 2. The molecule has 26 heavy (non-hydrogen) atoms. The third-order valence-electron chi connectivity index (χ3n) is 3.49. The number of amides is 1. The van der Waals surface area contributed by atoms with Gasteiger partial charge in [-0.3, -0.25) is 4.79 Å². The molecule has 0 saturated heterocycles. The molecule has 4 nitrogen and oxygen atoms in total. The summed E-state index contributed by atoms with van der Waals surface area (Å²) in [6, 6.07) is 19.7. The van der Waals surface area contributed by atoms with Gasteiger partial charge in [0.2, 0.25) is 5.91 Å². The molecule has 0 radical (unpaired) electrons. The first kappa shape index (κ1) is 17.4. The molecule has 3 aromatic rings. The van der Waals surface area contributed by atoms with Crippen LogP contribution in [0.3, 0.4) is 0 Å². The van der Waals surface area contributed by atoms with E-state index in [1.807, 2.05) is 30.3 Å². The Morgan fingerprint density at radius 2 is 1.46 bits per heavy atom. The van der Waals surface area contributed by atoms with E-state index in [0.717, 1.165) is 23.6 Å². The summed E-state index contributed by atoms with van der Waals surface area (Å²) in [5, 5.41) is 5.44. The Kier molecular flexibility index (Phi) is 5.43.